The second-order valence-corrected chi connectivity index (χ2v) is 6.61. The highest BCUT2D eigenvalue weighted by atomic mass is 32.1. The molecule has 2 aromatic heterocycles. The molecule has 9 heteroatoms. The van der Waals surface area contributed by atoms with Gasteiger partial charge in [0.05, 0.1) is 18.7 Å². The van der Waals surface area contributed by atoms with E-state index in [-0.39, 0.29) is 23.7 Å². The number of ketones is 2. The quantitative estimate of drug-likeness (QED) is 0.713. The topological polar surface area (TPSA) is 92.4 Å². The van der Waals surface area contributed by atoms with Gasteiger partial charge < -0.3 is 9.42 Å². The highest BCUT2D eigenvalue weighted by molar-refractivity contribution is 7.81. The molecule has 138 valence electrons. The number of hydrogen-bond donors (Lipinski definition) is 1. The number of anilines is 1. The summed E-state index contributed by atoms with van der Waals surface area (Å²) in [5.41, 5.74) is 1.35. The standard InChI is InChI=1S/C17H21N5O3S/c1-12(23)6-15-7-16(20-25-15)13-8-18-17(19-9-13)22-4-2-21(3-5-22)10-14(24)11-26/h7-9,26H,2-6,10-11H2,1H3. The van der Waals surface area contributed by atoms with Gasteiger partial charge in [-0.25, -0.2) is 9.97 Å². The van der Waals surface area contributed by atoms with E-state index in [2.05, 4.69) is 37.6 Å². The van der Waals surface area contributed by atoms with Crippen LogP contribution in [0.2, 0.25) is 0 Å². The van der Waals surface area contributed by atoms with Crippen LogP contribution in [-0.4, -0.2) is 70.1 Å². The van der Waals surface area contributed by atoms with E-state index in [0.29, 0.717) is 23.9 Å². The molecular weight excluding hydrogens is 354 g/mol. The maximum atomic E-state index is 11.5. The number of piperazine rings is 1. The molecular formula is C17H21N5O3S. The molecule has 1 aliphatic heterocycles. The number of aromatic nitrogens is 3. The molecule has 0 aliphatic carbocycles. The minimum atomic E-state index is 0.0227. The van der Waals surface area contributed by atoms with E-state index in [4.69, 9.17) is 4.52 Å². The van der Waals surface area contributed by atoms with Gasteiger partial charge in [-0.05, 0) is 6.92 Å². The maximum Gasteiger partial charge on any atom is 0.225 e. The SMILES string of the molecule is CC(=O)Cc1cc(-c2cnc(N3CCN(CC(=O)CS)CC3)nc2)no1. The van der Waals surface area contributed by atoms with E-state index in [1.807, 2.05) is 0 Å². The predicted molar refractivity (Wildman–Crippen MR) is 99.4 cm³/mol. The van der Waals surface area contributed by atoms with Gasteiger partial charge in [0.15, 0.2) is 5.78 Å². The number of Topliss-reactive ketones (excluding diaryl/α,β-unsaturated/α-hetero) is 2. The van der Waals surface area contributed by atoms with Crippen LogP contribution in [0.25, 0.3) is 11.3 Å². The van der Waals surface area contributed by atoms with Gasteiger partial charge in [0.2, 0.25) is 5.95 Å². The molecule has 0 atom stereocenters. The zero-order chi connectivity index (χ0) is 18.5. The Morgan fingerprint density at radius 2 is 1.88 bits per heavy atom. The van der Waals surface area contributed by atoms with Crippen molar-refractivity contribution in [2.45, 2.75) is 13.3 Å². The van der Waals surface area contributed by atoms with Crippen LogP contribution in [0.3, 0.4) is 0 Å². The molecule has 8 nitrogen and oxygen atoms in total. The van der Waals surface area contributed by atoms with Crippen molar-refractivity contribution >= 4 is 30.1 Å². The lowest BCUT2D eigenvalue weighted by atomic mass is 10.2. The van der Waals surface area contributed by atoms with Crippen LogP contribution >= 0.6 is 12.6 Å². The van der Waals surface area contributed by atoms with E-state index in [9.17, 15) is 9.59 Å². The van der Waals surface area contributed by atoms with Gasteiger partial charge >= 0.3 is 0 Å². The number of thiol groups is 1. The Morgan fingerprint density at radius 1 is 1.19 bits per heavy atom. The lowest BCUT2D eigenvalue weighted by molar-refractivity contribution is -0.118. The molecule has 0 N–H and O–H groups in total. The minimum Gasteiger partial charge on any atom is -0.360 e. The minimum absolute atomic E-state index is 0.0227. The number of carbonyl (C=O) groups excluding carboxylic acids is 2. The summed E-state index contributed by atoms with van der Waals surface area (Å²) in [4.78, 5) is 35.7. The van der Waals surface area contributed by atoms with Crippen LogP contribution in [0.5, 0.6) is 0 Å². The van der Waals surface area contributed by atoms with E-state index in [0.717, 1.165) is 31.7 Å². The van der Waals surface area contributed by atoms with Crippen molar-refractivity contribution in [3.05, 3.63) is 24.2 Å². The van der Waals surface area contributed by atoms with Crippen LogP contribution in [0.15, 0.2) is 23.0 Å². The molecule has 0 amide bonds. The second kappa shape index (κ2) is 8.41. The molecule has 1 saturated heterocycles. The number of carbonyl (C=O) groups is 2. The summed E-state index contributed by atoms with van der Waals surface area (Å²) >= 11 is 4.01. The van der Waals surface area contributed by atoms with Gasteiger partial charge in [-0.15, -0.1) is 0 Å². The zero-order valence-corrected chi connectivity index (χ0v) is 15.5. The highest BCUT2D eigenvalue weighted by Crippen LogP contribution is 2.20. The van der Waals surface area contributed by atoms with Crippen LogP contribution in [0.4, 0.5) is 5.95 Å². The monoisotopic (exact) mass is 375 g/mol. The van der Waals surface area contributed by atoms with Gasteiger partial charge in [-0.3, -0.25) is 14.5 Å². The van der Waals surface area contributed by atoms with Crippen molar-refractivity contribution in [1.29, 1.82) is 0 Å². The van der Waals surface area contributed by atoms with Gasteiger partial charge in [0.25, 0.3) is 0 Å². The number of rotatable bonds is 7. The molecule has 1 aliphatic rings. The summed E-state index contributed by atoms with van der Waals surface area (Å²) in [7, 11) is 0. The second-order valence-electron chi connectivity index (χ2n) is 6.29. The first kappa shape index (κ1) is 18.5. The Bertz CT molecular complexity index is 769. The van der Waals surface area contributed by atoms with Crippen LogP contribution in [0, 0.1) is 0 Å². The van der Waals surface area contributed by atoms with Crippen molar-refractivity contribution in [3.63, 3.8) is 0 Å². The third-order valence-corrected chi connectivity index (χ3v) is 4.50. The van der Waals surface area contributed by atoms with E-state index >= 15 is 0 Å². The summed E-state index contributed by atoms with van der Waals surface area (Å²) in [6.07, 6.45) is 3.63. The highest BCUT2D eigenvalue weighted by Gasteiger charge is 2.20. The Kier molecular flexibility index (Phi) is 6.00. The Morgan fingerprint density at radius 3 is 2.50 bits per heavy atom. The first-order valence-corrected chi connectivity index (χ1v) is 9.05. The summed E-state index contributed by atoms with van der Waals surface area (Å²) in [6, 6.07) is 1.73. The Labute approximate surface area is 157 Å². The summed E-state index contributed by atoms with van der Waals surface area (Å²) in [5.74, 6) is 1.62. The molecule has 3 rings (SSSR count). The van der Waals surface area contributed by atoms with E-state index in [1.54, 1.807) is 18.5 Å². The molecule has 0 aromatic carbocycles. The van der Waals surface area contributed by atoms with Gasteiger partial charge in [0, 0.05) is 50.2 Å². The average molecular weight is 375 g/mol. The third-order valence-electron chi connectivity index (χ3n) is 4.15. The first-order chi connectivity index (χ1) is 12.5. The fourth-order valence-corrected chi connectivity index (χ4v) is 2.90. The maximum absolute atomic E-state index is 11.5. The molecule has 0 bridgehead atoms. The Balaban J connectivity index is 1.59. The van der Waals surface area contributed by atoms with Crippen LogP contribution in [-0.2, 0) is 16.0 Å². The largest absolute Gasteiger partial charge is 0.360 e. The fourth-order valence-electron chi connectivity index (χ4n) is 2.80. The van der Waals surface area contributed by atoms with Crippen LogP contribution < -0.4 is 4.90 Å². The van der Waals surface area contributed by atoms with Crippen molar-refractivity contribution in [2.75, 3.05) is 43.4 Å². The van der Waals surface area contributed by atoms with Crippen molar-refractivity contribution in [2.24, 2.45) is 0 Å². The van der Waals surface area contributed by atoms with E-state index in [1.165, 1.54) is 6.92 Å². The molecule has 0 saturated carbocycles. The first-order valence-electron chi connectivity index (χ1n) is 8.42. The molecule has 0 spiro atoms. The van der Waals surface area contributed by atoms with E-state index < -0.39 is 0 Å². The predicted octanol–water partition coefficient (Wildman–Crippen LogP) is 0.884. The summed E-state index contributed by atoms with van der Waals surface area (Å²) < 4.78 is 5.15. The molecule has 3 heterocycles. The lowest BCUT2D eigenvalue weighted by Crippen LogP contribution is -2.48. The lowest BCUT2D eigenvalue weighted by Gasteiger charge is -2.34. The molecule has 0 unspecified atom stereocenters. The van der Waals surface area contributed by atoms with Gasteiger partial charge in [-0.2, -0.15) is 12.6 Å². The smallest absolute Gasteiger partial charge is 0.225 e. The normalized spacial score (nSPS) is 15.2. The van der Waals surface area contributed by atoms with Gasteiger partial charge in [-0.1, -0.05) is 5.16 Å². The molecule has 2 aromatic rings. The summed E-state index contributed by atoms with van der Waals surface area (Å²) in [5, 5.41) is 3.96. The summed E-state index contributed by atoms with van der Waals surface area (Å²) in [6.45, 7) is 5.09. The zero-order valence-electron chi connectivity index (χ0n) is 14.6. The average Bonchev–Trinajstić information content (AvgIpc) is 3.10. The number of nitrogens with zero attached hydrogens (tertiary/aromatic N) is 5. The van der Waals surface area contributed by atoms with Crippen LogP contribution in [0.1, 0.15) is 12.7 Å². The van der Waals surface area contributed by atoms with Crippen molar-refractivity contribution < 1.29 is 14.1 Å². The third kappa shape index (κ3) is 4.67. The molecule has 0 radical (unpaired) electrons. The Hall–Kier alpha value is -2.26. The van der Waals surface area contributed by atoms with Gasteiger partial charge in [0.1, 0.15) is 17.2 Å². The number of hydrogen-bond acceptors (Lipinski definition) is 9. The fraction of sp³-hybridized carbons (Fsp3) is 0.471. The van der Waals surface area contributed by atoms with Crippen molar-refractivity contribution in [3.8, 4) is 11.3 Å². The molecule has 26 heavy (non-hydrogen) atoms. The van der Waals surface area contributed by atoms with Crippen molar-refractivity contribution in [1.82, 2.24) is 20.0 Å². The molecule has 1 fully saturated rings.